The fourth-order valence-corrected chi connectivity index (χ4v) is 3.13. The summed E-state index contributed by atoms with van der Waals surface area (Å²) in [4.78, 5) is 21.6. The van der Waals surface area contributed by atoms with Crippen molar-refractivity contribution in [2.24, 2.45) is 0 Å². The molecule has 1 N–H and O–H groups in total. The quantitative estimate of drug-likeness (QED) is 0.707. The predicted molar refractivity (Wildman–Crippen MR) is 99.6 cm³/mol. The normalized spacial score (nSPS) is 10.5. The summed E-state index contributed by atoms with van der Waals surface area (Å²) in [5.74, 6) is 0.478. The summed E-state index contributed by atoms with van der Waals surface area (Å²) >= 11 is 7.17. The van der Waals surface area contributed by atoms with Gasteiger partial charge in [0.05, 0.1) is 11.9 Å². The maximum Gasteiger partial charge on any atom is 0.267 e. The van der Waals surface area contributed by atoms with Gasteiger partial charge in [-0.1, -0.05) is 11.6 Å². The number of rotatable bonds is 5. The molecular weight excluding hydrogens is 358 g/mol. The molecule has 2 aromatic heterocycles. The first kappa shape index (κ1) is 17.4. The van der Waals surface area contributed by atoms with Crippen molar-refractivity contribution < 1.29 is 9.53 Å². The molecule has 3 aromatic rings. The molecule has 0 aliphatic rings. The highest BCUT2D eigenvalue weighted by molar-refractivity contribution is 7.13. The van der Waals surface area contributed by atoms with Crippen molar-refractivity contribution in [1.82, 2.24) is 9.97 Å². The molecule has 0 saturated heterocycles. The Morgan fingerprint density at radius 2 is 1.96 bits per heavy atom. The van der Waals surface area contributed by atoms with E-state index in [4.69, 9.17) is 16.3 Å². The lowest BCUT2D eigenvalue weighted by Crippen LogP contribution is -2.11. The fourth-order valence-electron chi connectivity index (χ4n) is 2.13. The largest absolute Gasteiger partial charge is 0.485 e. The Kier molecular flexibility index (Phi) is 5.31. The van der Waals surface area contributed by atoms with Gasteiger partial charge in [0.25, 0.3) is 5.91 Å². The first-order valence-electron chi connectivity index (χ1n) is 7.60. The Morgan fingerprint density at radius 3 is 2.64 bits per heavy atom. The van der Waals surface area contributed by atoms with Crippen LogP contribution in [0.1, 0.15) is 26.1 Å². The molecular formula is C18H16ClN3O2S. The Morgan fingerprint density at radius 1 is 1.20 bits per heavy atom. The summed E-state index contributed by atoms with van der Waals surface area (Å²) in [7, 11) is 0. The van der Waals surface area contributed by atoms with Crippen molar-refractivity contribution in [3.8, 4) is 5.75 Å². The van der Waals surface area contributed by atoms with Crippen molar-refractivity contribution >= 4 is 34.5 Å². The van der Waals surface area contributed by atoms with Gasteiger partial charge >= 0.3 is 0 Å². The summed E-state index contributed by atoms with van der Waals surface area (Å²) in [5, 5.41) is 4.20. The molecule has 0 aliphatic carbocycles. The number of pyridine rings is 1. The summed E-state index contributed by atoms with van der Waals surface area (Å²) in [6.45, 7) is 4.02. The third kappa shape index (κ3) is 4.55. The van der Waals surface area contributed by atoms with Gasteiger partial charge in [0.1, 0.15) is 22.2 Å². The number of amides is 1. The van der Waals surface area contributed by atoms with Gasteiger partial charge in [-0.25, -0.2) is 4.98 Å². The lowest BCUT2D eigenvalue weighted by Gasteiger charge is -2.04. The number of carbonyl (C=O) groups excluding carboxylic acids is 1. The van der Waals surface area contributed by atoms with E-state index in [9.17, 15) is 4.79 Å². The minimum absolute atomic E-state index is 0.194. The Bertz CT molecular complexity index is 876. The lowest BCUT2D eigenvalue weighted by atomic mass is 10.3. The van der Waals surface area contributed by atoms with E-state index in [0.717, 1.165) is 10.7 Å². The van der Waals surface area contributed by atoms with Crippen LogP contribution in [0.5, 0.6) is 5.75 Å². The monoisotopic (exact) mass is 373 g/mol. The maximum absolute atomic E-state index is 12.4. The highest BCUT2D eigenvalue weighted by atomic mass is 35.5. The van der Waals surface area contributed by atoms with Crippen LogP contribution >= 0.6 is 22.9 Å². The van der Waals surface area contributed by atoms with E-state index in [-0.39, 0.29) is 5.91 Å². The molecule has 0 unspecified atom stereocenters. The molecule has 7 heteroatoms. The summed E-state index contributed by atoms with van der Waals surface area (Å²) in [6, 6.07) is 10.7. The van der Waals surface area contributed by atoms with Gasteiger partial charge in [-0.15, -0.1) is 11.3 Å². The Labute approximate surface area is 154 Å². The average molecular weight is 374 g/mol. The molecule has 0 radical (unpaired) electrons. The molecule has 0 spiro atoms. The zero-order chi connectivity index (χ0) is 17.8. The zero-order valence-corrected chi connectivity index (χ0v) is 15.3. The third-order valence-corrected chi connectivity index (χ3v) is 4.78. The van der Waals surface area contributed by atoms with Crippen molar-refractivity contribution in [2.45, 2.75) is 20.5 Å². The van der Waals surface area contributed by atoms with Gasteiger partial charge in [-0.05, 0) is 50.2 Å². The minimum Gasteiger partial charge on any atom is -0.485 e. The van der Waals surface area contributed by atoms with E-state index in [1.807, 2.05) is 26.0 Å². The van der Waals surface area contributed by atoms with Crippen LogP contribution in [0.3, 0.4) is 0 Å². The van der Waals surface area contributed by atoms with Crippen LogP contribution in [0.15, 0.2) is 42.6 Å². The van der Waals surface area contributed by atoms with Crippen LogP contribution < -0.4 is 10.1 Å². The summed E-state index contributed by atoms with van der Waals surface area (Å²) in [5.41, 5.74) is 2.29. The number of thiazole rings is 1. The number of aromatic nitrogens is 2. The second-order valence-corrected chi connectivity index (χ2v) is 6.93. The molecule has 5 nitrogen and oxygen atoms in total. The molecule has 0 atom stereocenters. The maximum atomic E-state index is 12.4. The van der Waals surface area contributed by atoms with Crippen LogP contribution in [-0.2, 0) is 6.61 Å². The van der Waals surface area contributed by atoms with E-state index < -0.39 is 0 Å². The van der Waals surface area contributed by atoms with Crippen molar-refractivity contribution in [1.29, 1.82) is 0 Å². The molecule has 3 rings (SSSR count). The number of aryl methyl sites for hydroxylation is 2. The van der Waals surface area contributed by atoms with E-state index in [2.05, 4.69) is 15.3 Å². The second-order valence-electron chi connectivity index (χ2n) is 5.41. The van der Waals surface area contributed by atoms with Crippen molar-refractivity contribution in [3.63, 3.8) is 0 Å². The predicted octanol–water partition coefficient (Wildman–Crippen LogP) is 4.64. The van der Waals surface area contributed by atoms with Crippen LogP contribution in [0.4, 0.5) is 5.69 Å². The average Bonchev–Trinajstić information content (AvgIpc) is 2.97. The number of ether oxygens (including phenoxy) is 1. The fraction of sp³-hybridized carbons (Fsp3) is 0.167. The van der Waals surface area contributed by atoms with Gasteiger partial charge in [0.15, 0.2) is 0 Å². The second kappa shape index (κ2) is 7.63. The standard InChI is InChI=1S/C18H16ClN3O2S/c1-11-3-8-15(9-20-11)24-10-16-21-12(2)17(25-16)18(23)22-14-6-4-13(19)5-7-14/h3-9H,10H2,1-2H3,(H,22,23). The van der Waals surface area contributed by atoms with E-state index in [1.54, 1.807) is 30.5 Å². The number of anilines is 1. The topological polar surface area (TPSA) is 64.1 Å². The highest BCUT2D eigenvalue weighted by Crippen LogP contribution is 2.22. The van der Waals surface area contributed by atoms with Crippen LogP contribution in [0, 0.1) is 13.8 Å². The van der Waals surface area contributed by atoms with Gasteiger partial charge in [0.2, 0.25) is 0 Å². The molecule has 0 aliphatic heterocycles. The van der Waals surface area contributed by atoms with Gasteiger partial charge in [-0.2, -0.15) is 0 Å². The Balaban J connectivity index is 1.65. The number of nitrogens with zero attached hydrogens (tertiary/aromatic N) is 2. The third-order valence-electron chi connectivity index (χ3n) is 3.40. The van der Waals surface area contributed by atoms with Crippen molar-refractivity contribution in [3.05, 3.63) is 68.9 Å². The number of carbonyl (C=O) groups is 1. The van der Waals surface area contributed by atoms with Crippen LogP contribution in [-0.4, -0.2) is 15.9 Å². The number of nitrogens with one attached hydrogen (secondary N) is 1. The molecule has 1 aromatic carbocycles. The van der Waals surface area contributed by atoms with E-state index in [1.165, 1.54) is 11.3 Å². The lowest BCUT2D eigenvalue weighted by molar-refractivity contribution is 0.103. The van der Waals surface area contributed by atoms with Crippen LogP contribution in [0.2, 0.25) is 5.02 Å². The van der Waals surface area contributed by atoms with Gasteiger partial charge < -0.3 is 10.1 Å². The molecule has 0 fully saturated rings. The highest BCUT2D eigenvalue weighted by Gasteiger charge is 2.16. The molecule has 128 valence electrons. The molecule has 0 bridgehead atoms. The first-order valence-corrected chi connectivity index (χ1v) is 8.79. The van der Waals surface area contributed by atoms with Crippen LogP contribution in [0.25, 0.3) is 0 Å². The zero-order valence-electron chi connectivity index (χ0n) is 13.7. The number of benzene rings is 1. The van der Waals surface area contributed by atoms with E-state index >= 15 is 0 Å². The number of hydrogen-bond donors (Lipinski definition) is 1. The summed E-state index contributed by atoms with van der Waals surface area (Å²) in [6.07, 6.45) is 1.67. The van der Waals surface area contributed by atoms with Gasteiger partial charge in [0, 0.05) is 16.4 Å². The molecule has 0 saturated carbocycles. The molecule has 2 heterocycles. The Hall–Kier alpha value is -2.44. The van der Waals surface area contributed by atoms with Gasteiger partial charge in [-0.3, -0.25) is 9.78 Å². The molecule has 1 amide bonds. The number of halogens is 1. The van der Waals surface area contributed by atoms with E-state index in [0.29, 0.717) is 33.6 Å². The SMILES string of the molecule is Cc1ccc(OCc2nc(C)c(C(=O)Nc3ccc(Cl)cc3)s2)cn1. The first-order chi connectivity index (χ1) is 12.0. The minimum atomic E-state index is -0.194. The van der Waals surface area contributed by atoms with Crippen molar-refractivity contribution in [2.75, 3.05) is 5.32 Å². The smallest absolute Gasteiger partial charge is 0.267 e. The number of hydrogen-bond acceptors (Lipinski definition) is 5. The summed E-state index contributed by atoms with van der Waals surface area (Å²) < 4.78 is 5.67. The molecule has 25 heavy (non-hydrogen) atoms.